The van der Waals surface area contributed by atoms with Gasteiger partial charge in [0.2, 0.25) is 17.7 Å². The van der Waals surface area contributed by atoms with Crippen molar-refractivity contribution in [1.82, 2.24) is 15.0 Å². The molecule has 0 aliphatic rings. The van der Waals surface area contributed by atoms with Crippen molar-refractivity contribution in [3.05, 3.63) is 317 Å². The van der Waals surface area contributed by atoms with Crippen LogP contribution in [0.5, 0.6) is 0 Å². The Hall–Kier alpha value is -13.1. The molecule has 9 heteroatoms. The van der Waals surface area contributed by atoms with Crippen molar-refractivity contribution in [1.29, 1.82) is 0 Å². The summed E-state index contributed by atoms with van der Waals surface area (Å²) < 4.78 is 37.0. The van der Waals surface area contributed by atoms with Crippen molar-refractivity contribution in [3.63, 3.8) is 0 Å². The van der Waals surface area contributed by atoms with Crippen LogP contribution in [0.25, 0.3) is 189 Å². The van der Waals surface area contributed by atoms with E-state index in [1.165, 1.54) is 61.2 Å². The van der Waals surface area contributed by atoms with E-state index in [0.29, 0.717) is 17.7 Å². The summed E-state index contributed by atoms with van der Waals surface area (Å²) in [5.74, 6) is 1.90. The van der Waals surface area contributed by atoms with E-state index in [4.69, 9.17) is 31.5 Å². The van der Waals surface area contributed by atoms with E-state index < -0.39 is 0 Å². The molecule has 0 saturated heterocycles. The maximum absolute atomic E-state index is 6.70. The summed E-state index contributed by atoms with van der Waals surface area (Å²) >= 11 is 0. The maximum Gasteiger partial charge on any atom is 0.227 e. The first-order valence-electron chi connectivity index (χ1n) is 35.2. The zero-order valence-electron chi connectivity index (χ0n) is 58.8. The Morgan fingerprint density at radius 1 is 0.212 bits per heavy atom. The number of para-hydroxylation sites is 7. The fourth-order valence-electron chi connectivity index (χ4n) is 15.4. The lowest BCUT2D eigenvalue weighted by atomic mass is 9.89. The summed E-state index contributed by atoms with van der Waals surface area (Å²) in [6, 6.07) is 94.2. The molecule has 0 amide bonds. The number of aryl methyl sites for hydroxylation is 8. The molecule has 6 heterocycles. The summed E-state index contributed by atoms with van der Waals surface area (Å²) in [7, 11) is 0. The van der Waals surface area contributed by atoms with E-state index in [-0.39, 0.29) is 0 Å². The van der Waals surface area contributed by atoms with Crippen LogP contribution in [0.1, 0.15) is 44.5 Å². The van der Waals surface area contributed by atoms with Crippen LogP contribution in [0, 0.1) is 55.4 Å². The minimum absolute atomic E-state index is 0.621. The Morgan fingerprint density at radius 2 is 0.606 bits per heavy atom. The molecule has 0 aliphatic heterocycles. The van der Waals surface area contributed by atoms with Crippen LogP contribution < -0.4 is 0 Å². The monoisotopic (exact) mass is 1350 g/mol. The normalized spacial score (nSPS) is 11.7. The van der Waals surface area contributed by atoms with Gasteiger partial charge in [0.1, 0.15) is 50.0 Å². The molecule has 0 fully saturated rings. The predicted octanol–water partition coefficient (Wildman–Crippen LogP) is 27.0. The number of hydrogen-bond donors (Lipinski definition) is 0. The minimum Gasteiger partial charge on any atom is -0.455 e. The second kappa shape index (κ2) is 25.5. The molecule has 20 aromatic rings. The molecule has 20 rings (SSSR count). The second-order valence-electron chi connectivity index (χ2n) is 27.5. The summed E-state index contributed by atoms with van der Waals surface area (Å²) in [6.45, 7) is 17.3. The van der Waals surface area contributed by atoms with E-state index >= 15 is 0 Å². The highest BCUT2D eigenvalue weighted by molar-refractivity contribution is 6.14. The quantitative estimate of drug-likeness (QED) is 0.147. The van der Waals surface area contributed by atoms with E-state index in [1.807, 2.05) is 116 Å². The fourth-order valence-corrected chi connectivity index (χ4v) is 15.4. The molecule has 104 heavy (non-hydrogen) atoms. The van der Waals surface area contributed by atoms with E-state index in [2.05, 4.69) is 222 Å². The third-order valence-electron chi connectivity index (χ3n) is 20.1. The summed E-state index contributed by atoms with van der Waals surface area (Å²) in [5, 5.41) is 6.80. The maximum atomic E-state index is 6.70. The molecule has 0 aliphatic carbocycles. The Balaban J connectivity index is 0.000000116. The van der Waals surface area contributed by atoms with Gasteiger partial charge in [0, 0.05) is 65.7 Å². The van der Waals surface area contributed by atoms with Gasteiger partial charge < -0.3 is 26.5 Å². The molecule has 0 saturated carbocycles. The van der Waals surface area contributed by atoms with Gasteiger partial charge in [0.05, 0.1) is 0 Å². The summed E-state index contributed by atoms with van der Waals surface area (Å²) in [5.41, 5.74) is 34.8. The van der Waals surface area contributed by atoms with Gasteiger partial charge in [-0.25, -0.2) is 15.0 Å². The van der Waals surface area contributed by atoms with Crippen molar-refractivity contribution in [2.45, 2.75) is 55.4 Å². The number of hydrogen-bond acceptors (Lipinski definition) is 9. The van der Waals surface area contributed by atoms with Crippen LogP contribution in [0.2, 0.25) is 0 Å². The highest BCUT2D eigenvalue weighted by atomic mass is 16.4. The third-order valence-corrected chi connectivity index (χ3v) is 20.1. The third kappa shape index (κ3) is 11.4. The van der Waals surface area contributed by atoms with Gasteiger partial charge >= 0.3 is 0 Å². The lowest BCUT2D eigenvalue weighted by Crippen LogP contribution is -1.92. The van der Waals surface area contributed by atoms with Crippen LogP contribution in [0.15, 0.2) is 299 Å². The van der Waals surface area contributed by atoms with Crippen molar-refractivity contribution in [2.75, 3.05) is 0 Å². The Labute approximate surface area is 599 Å². The van der Waals surface area contributed by atoms with Gasteiger partial charge in [-0.2, -0.15) is 0 Å². The first-order valence-corrected chi connectivity index (χ1v) is 35.2. The molecule has 0 N–H and O–H groups in total. The SMILES string of the molecule is Cc1cc(C)c(-c2ccc3oc4c(-c5ccc(-c6nc7ccccc7o6)cc5)cc(-c5c(C)cc(C)cc5C)cc4c3c2)c(C)c1.Cc1ccc2oc(-c3ccc(-c4cccc5c4oc4ccccc45)cc3)nc2c1.Cc1cccc2oc(-c3ccc(-c4cccc5c4oc4ccccc45)cc3)nc12. The molecule has 9 nitrogen and oxygen atoms in total. The highest BCUT2D eigenvalue weighted by Crippen LogP contribution is 2.45. The van der Waals surface area contributed by atoms with Gasteiger partial charge in [0.25, 0.3) is 0 Å². The topological polar surface area (TPSA) is 118 Å². The highest BCUT2D eigenvalue weighted by Gasteiger charge is 2.22. The van der Waals surface area contributed by atoms with E-state index in [9.17, 15) is 0 Å². The molecule has 0 spiro atoms. The van der Waals surface area contributed by atoms with Crippen molar-refractivity contribution >= 4 is 99.1 Å². The molecule has 0 bridgehead atoms. The lowest BCUT2D eigenvalue weighted by molar-refractivity contribution is 0.619. The van der Waals surface area contributed by atoms with E-state index in [1.54, 1.807) is 0 Å². The smallest absolute Gasteiger partial charge is 0.227 e. The standard InChI is InChI=1S/C43H35NO2.2C26H17NO2/c1-24-17-26(3)40(27(4)18-24)32-15-16-38-35(21-32)36-23-33(41-28(5)19-25(2)20-29(41)6)22-34(42(36)45-38)30-11-13-31(14-12-30)43-44-37-9-7-8-10-39(37)46-43;1-16-6-4-11-23-24(16)27-26(29-23)18-14-12-17(13-15-18)19-8-5-9-21-20-7-2-3-10-22(20)28-25(19)21;1-16-9-14-24-22(15-16)27-26(29-24)18-12-10-17(11-13-18)19-6-4-7-21-20-5-2-3-8-23(20)28-25(19)21/h7-23H,1-6H3;2*2-15H,1H3. The summed E-state index contributed by atoms with van der Waals surface area (Å²) in [6.07, 6.45) is 0. The average Bonchev–Trinajstić information content (AvgIpc) is 1.56. The molecule has 14 aromatic carbocycles. The van der Waals surface area contributed by atoms with Crippen LogP contribution >= 0.6 is 0 Å². The number of benzene rings is 14. The predicted molar refractivity (Wildman–Crippen MR) is 425 cm³/mol. The van der Waals surface area contributed by atoms with Gasteiger partial charge in [-0.05, 0) is 231 Å². The zero-order valence-corrected chi connectivity index (χ0v) is 58.8. The molecule has 0 atom stereocenters. The number of rotatable bonds is 8. The number of oxazole rings is 3. The van der Waals surface area contributed by atoms with E-state index in [0.717, 1.165) is 155 Å². The summed E-state index contributed by atoms with van der Waals surface area (Å²) in [4.78, 5) is 14.0. The van der Waals surface area contributed by atoms with Crippen molar-refractivity contribution in [3.8, 4) is 90.0 Å². The number of aromatic nitrogens is 3. The molecular weight excluding hydrogens is 1280 g/mol. The second-order valence-corrected chi connectivity index (χ2v) is 27.5. The van der Waals surface area contributed by atoms with Crippen molar-refractivity contribution < 1.29 is 26.5 Å². The van der Waals surface area contributed by atoms with Crippen LogP contribution in [0.3, 0.4) is 0 Å². The van der Waals surface area contributed by atoms with Gasteiger partial charge in [-0.15, -0.1) is 0 Å². The van der Waals surface area contributed by atoms with Crippen LogP contribution in [0.4, 0.5) is 0 Å². The molecule has 6 aromatic heterocycles. The fraction of sp³-hybridized carbons (Fsp3) is 0.0842. The Morgan fingerprint density at radius 3 is 1.15 bits per heavy atom. The lowest BCUT2D eigenvalue weighted by Gasteiger charge is -2.14. The Bertz CT molecular complexity index is 6670. The largest absolute Gasteiger partial charge is 0.455 e. The first kappa shape index (κ1) is 63.1. The van der Waals surface area contributed by atoms with Gasteiger partial charge in [-0.3, -0.25) is 0 Å². The molecular formula is C95H69N3O6. The van der Waals surface area contributed by atoms with Gasteiger partial charge in [0.15, 0.2) is 16.7 Å². The number of fused-ring (bicyclic) bond motifs is 12. The van der Waals surface area contributed by atoms with Crippen LogP contribution in [-0.2, 0) is 0 Å². The van der Waals surface area contributed by atoms with Crippen molar-refractivity contribution in [2.24, 2.45) is 0 Å². The Kier molecular flexibility index (Phi) is 15.5. The average molecular weight is 1350 g/mol. The number of furan rings is 3. The zero-order chi connectivity index (χ0) is 70.4. The first-order chi connectivity index (χ1) is 50.8. The molecule has 500 valence electrons. The molecule has 0 radical (unpaired) electrons. The minimum atomic E-state index is 0.621. The number of nitrogens with zero attached hydrogens (tertiary/aromatic N) is 3. The van der Waals surface area contributed by atoms with Gasteiger partial charge in [-0.1, -0.05) is 181 Å². The molecule has 0 unspecified atom stereocenters. The van der Waals surface area contributed by atoms with Crippen LogP contribution in [-0.4, -0.2) is 15.0 Å².